The smallest absolute Gasteiger partial charge is 0.164 e. The zero-order valence-electron chi connectivity index (χ0n) is 11.2. The molecule has 0 spiro atoms. The van der Waals surface area contributed by atoms with Crippen molar-refractivity contribution in [1.82, 2.24) is 4.90 Å². The van der Waals surface area contributed by atoms with Gasteiger partial charge >= 0.3 is 0 Å². The lowest BCUT2D eigenvalue weighted by molar-refractivity contribution is 0.134. The Morgan fingerprint density at radius 1 is 1.33 bits per heavy atom. The maximum atomic E-state index is 13.5. The van der Waals surface area contributed by atoms with Gasteiger partial charge in [0.05, 0.1) is 6.10 Å². The zero-order chi connectivity index (χ0) is 13.7. The van der Waals surface area contributed by atoms with Gasteiger partial charge in [-0.1, -0.05) is 19.1 Å². The van der Waals surface area contributed by atoms with Crippen LogP contribution < -0.4 is 0 Å². The molecule has 0 bridgehead atoms. The average Bonchev–Trinajstić information content (AvgIpc) is 2.37. The van der Waals surface area contributed by atoms with E-state index in [1.54, 1.807) is 0 Å². The fraction of sp³-hybridized carbons (Fsp3) is 0.571. The molecule has 0 amide bonds. The van der Waals surface area contributed by atoms with Crippen molar-refractivity contribution >= 4 is 0 Å². The molecular weight excluding hydrogens is 236 g/mol. The molecule has 1 aromatic carbocycles. The predicted molar refractivity (Wildman–Crippen MR) is 68.3 cm³/mol. The van der Waals surface area contributed by atoms with E-state index in [4.69, 9.17) is 0 Å². The Bertz CT molecular complexity index is 384. The van der Waals surface area contributed by atoms with Gasteiger partial charge in [-0.05, 0) is 32.9 Å². The molecule has 0 aromatic heterocycles. The summed E-state index contributed by atoms with van der Waals surface area (Å²) >= 11 is 0. The maximum absolute atomic E-state index is 13.5. The molecule has 0 saturated carbocycles. The first-order valence-electron chi connectivity index (χ1n) is 6.29. The molecule has 4 heteroatoms. The molecule has 0 radical (unpaired) electrons. The Hall–Kier alpha value is -1.00. The Morgan fingerprint density at radius 3 is 2.61 bits per heavy atom. The number of benzene rings is 1. The van der Waals surface area contributed by atoms with Crippen LogP contribution in [-0.2, 0) is 0 Å². The van der Waals surface area contributed by atoms with Crippen molar-refractivity contribution in [3.05, 3.63) is 35.4 Å². The van der Waals surface area contributed by atoms with Gasteiger partial charge in [0.25, 0.3) is 0 Å². The summed E-state index contributed by atoms with van der Waals surface area (Å²) in [6, 6.07) is 4.30. The fourth-order valence-corrected chi connectivity index (χ4v) is 1.79. The molecule has 1 rings (SSSR count). The molecular formula is C14H21F2NO. The van der Waals surface area contributed by atoms with E-state index >= 15 is 0 Å². The quantitative estimate of drug-likeness (QED) is 0.846. The van der Waals surface area contributed by atoms with E-state index in [0.717, 1.165) is 12.5 Å². The number of rotatable bonds is 6. The molecule has 1 aromatic rings. The molecule has 0 aliphatic rings. The standard InChI is InChI=1S/C14H21F2NO/c1-4-10(2)17(3)9-8-13(18)11-6-5-7-12(15)14(11)16/h5-7,10,13,18H,4,8-9H2,1-3H3. The molecule has 0 aliphatic carbocycles. The van der Waals surface area contributed by atoms with Crippen molar-refractivity contribution in [3.8, 4) is 0 Å². The molecule has 0 heterocycles. The van der Waals surface area contributed by atoms with Crippen LogP contribution in [0.5, 0.6) is 0 Å². The van der Waals surface area contributed by atoms with Gasteiger partial charge in [-0.15, -0.1) is 0 Å². The van der Waals surface area contributed by atoms with Gasteiger partial charge in [-0.25, -0.2) is 8.78 Å². The summed E-state index contributed by atoms with van der Waals surface area (Å²) < 4.78 is 26.5. The second kappa shape index (κ2) is 6.81. The summed E-state index contributed by atoms with van der Waals surface area (Å²) in [5.74, 6) is -1.86. The Balaban J connectivity index is 2.60. The van der Waals surface area contributed by atoms with Gasteiger partial charge in [-0.2, -0.15) is 0 Å². The summed E-state index contributed by atoms with van der Waals surface area (Å²) in [6.07, 6.45) is 0.439. The molecule has 0 saturated heterocycles. The van der Waals surface area contributed by atoms with Gasteiger partial charge in [0.1, 0.15) is 0 Å². The van der Waals surface area contributed by atoms with E-state index in [-0.39, 0.29) is 5.56 Å². The van der Waals surface area contributed by atoms with E-state index < -0.39 is 17.7 Å². The number of aliphatic hydroxyl groups is 1. The SMILES string of the molecule is CCC(C)N(C)CCC(O)c1cccc(F)c1F. The van der Waals surface area contributed by atoms with Crippen LogP contribution in [0.25, 0.3) is 0 Å². The minimum Gasteiger partial charge on any atom is -0.388 e. The van der Waals surface area contributed by atoms with E-state index in [9.17, 15) is 13.9 Å². The Morgan fingerprint density at radius 2 is 2.00 bits per heavy atom. The first-order chi connectivity index (χ1) is 8.47. The number of hydrogen-bond donors (Lipinski definition) is 1. The number of nitrogens with zero attached hydrogens (tertiary/aromatic N) is 1. The lowest BCUT2D eigenvalue weighted by Gasteiger charge is -2.24. The van der Waals surface area contributed by atoms with Crippen LogP contribution in [0.3, 0.4) is 0 Å². The monoisotopic (exact) mass is 257 g/mol. The maximum Gasteiger partial charge on any atom is 0.164 e. The van der Waals surface area contributed by atoms with Crippen molar-refractivity contribution in [2.24, 2.45) is 0 Å². The summed E-state index contributed by atoms with van der Waals surface area (Å²) in [5.41, 5.74) is 0.0348. The van der Waals surface area contributed by atoms with Gasteiger partial charge in [0.15, 0.2) is 11.6 Å². The fourth-order valence-electron chi connectivity index (χ4n) is 1.79. The summed E-state index contributed by atoms with van der Waals surface area (Å²) in [7, 11) is 1.96. The molecule has 18 heavy (non-hydrogen) atoms. The van der Waals surface area contributed by atoms with E-state index in [1.165, 1.54) is 12.1 Å². The molecule has 1 N–H and O–H groups in total. The first kappa shape index (κ1) is 15.1. The van der Waals surface area contributed by atoms with Crippen molar-refractivity contribution < 1.29 is 13.9 Å². The third-order valence-electron chi connectivity index (χ3n) is 3.44. The lowest BCUT2D eigenvalue weighted by Crippen LogP contribution is -2.30. The van der Waals surface area contributed by atoms with Crippen LogP contribution in [0, 0.1) is 11.6 Å². The Labute approximate surface area is 107 Å². The normalized spacial score (nSPS) is 14.8. The van der Waals surface area contributed by atoms with Crippen molar-refractivity contribution in [2.45, 2.75) is 38.8 Å². The van der Waals surface area contributed by atoms with Crippen LogP contribution in [0.15, 0.2) is 18.2 Å². The van der Waals surface area contributed by atoms with Gasteiger partial charge in [0, 0.05) is 18.2 Å². The highest BCUT2D eigenvalue weighted by Gasteiger charge is 2.17. The van der Waals surface area contributed by atoms with Crippen molar-refractivity contribution in [2.75, 3.05) is 13.6 Å². The van der Waals surface area contributed by atoms with Crippen LogP contribution >= 0.6 is 0 Å². The van der Waals surface area contributed by atoms with Crippen LogP contribution in [0.4, 0.5) is 8.78 Å². The van der Waals surface area contributed by atoms with E-state index in [1.807, 2.05) is 7.05 Å². The third-order valence-corrected chi connectivity index (χ3v) is 3.44. The molecule has 0 fully saturated rings. The van der Waals surface area contributed by atoms with Crippen molar-refractivity contribution in [3.63, 3.8) is 0 Å². The zero-order valence-corrected chi connectivity index (χ0v) is 11.2. The molecule has 0 aliphatic heterocycles. The van der Waals surface area contributed by atoms with Crippen LogP contribution in [0.1, 0.15) is 38.4 Å². The highest BCUT2D eigenvalue weighted by Crippen LogP contribution is 2.22. The van der Waals surface area contributed by atoms with Crippen LogP contribution in [-0.4, -0.2) is 29.6 Å². The lowest BCUT2D eigenvalue weighted by atomic mass is 10.1. The number of aliphatic hydroxyl groups excluding tert-OH is 1. The number of halogens is 2. The first-order valence-corrected chi connectivity index (χ1v) is 6.29. The second-order valence-electron chi connectivity index (χ2n) is 4.69. The van der Waals surface area contributed by atoms with Gasteiger partial charge in [-0.3, -0.25) is 0 Å². The molecule has 2 nitrogen and oxygen atoms in total. The highest BCUT2D eigenvalue weighted by atomic mass is 19.2. The molecule has 2 unspecified atom stereocenters. The minimum atomic E-state index is -0.966. The molecule has 102 valence electrons. The predicted octanol–water partition coefficient (Wildman–Crippen LogP) is 3.12. The summed E-state index contributed by atoms with van der Waals surface area (Å²) in [6.45, 7) is 4.82. The highest BCUT2D eigenvalue weighted by molar-refractivity contribution is 5.21. The third kappa shape index (κ3) is 3.75. The second-order valence-corrected chi connectivity index (χ2v) is 4.69. The molecule has 2 atom stereocenters. The summed E-state index contributed by atoms with van der Waals surface area (Å²) in [4.78, 5) is 2.10. The van der Waals surface area contributed by atoms with Gasteiger partial charge < -0.3 is 10.0 Å². The van der Waals surface area contributed by atoms with E-state index in [2.05, 4.69) is 18.7 Å². The topological polar surface area (TPSA) is 23.5 Å². The van der Waals surface area contributed by atoms with Crippen LogP contribution in [0.2, 0.25) is 0 Å². The van der Waals surface area contributed by atoms with Crippen molar-refractivity contribution in [1.29, 1.82) is 0 Å². The minimum absolute atomic E-state index is 0.0348. The summed E-state index contributed by atoms with van der Waals surface area (Å²) in [5, 5.41) is 9.90. The van der Waals surface area contributed by atoms with Gasteiger partial charge in [0.2, 0.25) is 0 Å². The number of hydrogen-bond acceptors (Lipinski definition) is 2. The largest absolute Gasteiger partial charge is 0.388 e. The average molecular weight is 257 g/mol. The Kier molecular flexibility index (Phi) is 5.69. The van der Waals surface area contributed by atoms with E-state index in [0.29, 0.717) is 19.0 Å².